The molecule has 0 saturated heterocycles. The maximum atomic E-state index is 5.35. The number of benzene rings is 22. The molecule has 686 valence electrons. The van der Waals surface area contributed by atoms with Gasteiger partial charge in [0.1, 0.15) is 28.1 Å². The number of hydrogen-bond donors (Lipinski definition) is 0. The van der Waals surface area contributed by atoms with Gasteiger partial charge in [0.2, 0.25) is 0 Å². The van der Waals surface area contributed by atoms with Crippen LogP contribution >= 0.6 is 11.3 Å². The molecule has 10 heterocycles. The Morgan fingerprint density at radius 2 is 0.541 bits per heavy atom. The Bertz CT molecular complexity index is 11200. The van der Waals surface area contributed by atoms with Crippen LogP contribution in [0, 0.1) is 0 Å². The van der Waals surface area contributed by atoms with E-state index >= 15 is 0 Å². The molecule has 13 nitrogen and oxygen atoms in total. The third-order valence-electron chi connectivity index (χ3n) is 29.7. The van der Waals surface area contributed by atoms with Gasteiger partial charge < -0.3 is 0 Å². The molecule has 0 fully saturated rings. The van der Waals surface area contributed by atoms with Crippen LogP contribution in [0.4, 0.5) is 0 Å². The normalized spacial score (nSPS) is 11.9. The van der Waals surface area contributed by atoms with Crippen molar-refractivity contribution in [3.8, 4) is 84.6 Å². The number of fused-ring (bicyclic) bond motifs is 28. The summed E-state index contributed by atoms with van der Waals surface area (Å²) < 4.78 is 9.43. The first-order valence-electron chi connectivity index (χ1n) is 49.8. The molecule has 32 rings (SSSR count). The standard InChI is InChI=1S/C50H29N5.C43H26N4.C41H24N4S/c1-2-12-32-29-46-44(27-31(32)11-1)43-28-34(33-20-22-40-38-17-6-5-15-36(38)37-16-7-8-18-39(37)42(40)26-33)21-23-45(43)55(46)50-47(53-48-49(54-50)52-25-24-51-48)41-19-9-13-30-10-3-4-14-35(30)41;1-2-10-27(11-3-1)35-16-8-18-38-40(35)36-25-29-13-4-5-14-30(29)26-39(36)47(38)43-41(45-37-17-9-23-44-42(37)46-43)32-21-22-34-31(24-32)20-19-28-12-6-7-15-33(28)34;1-2-10-25(11-3-1)29-15-8-17-34-38(29)32-22-26-12-4-5-13-27(26)24-35(32)45(34)41-39(44-40-33(43-41)16-9-21-42-40)28-19-20-37-31(23-28)30-14-6-7-18-36(30)46-37/h1-29H;1-26H;1-24H. The number of thiophene rings is 1. The van der Waals surface area contributed by atoms with E-state index in [0.717, 1.165) is 128 Å². The van der Waals surface area contributed by atoms with E-state index < -0.39 is 0 Å². The first kappa shape index (κ1) is 83.9. The molecule has 0 unspecified atom stereocenters. The highest BCUT2D eigenvalue weighted by atomic mass is 32.1. The summed E-state index contributed by atoms with van der Waals surface area (Å²) in [4.78, 5) is 50.2. The van der Waals surface area contributed by atoms with Crippen molar-refractivity contribution >= 4 is 228 Å². The monoisotopic (exact) mass is 1900 g/mol. The molecule has 14 heteroatoms. The number of nitrogens with zero attached hydrogens (tertiary/aromatic N) is 13. The second-order valence-corrected chi connectivity index (χ2v) is 39.1. The summed E-state index contributed by atoms with van der Waals surface area (Å²) in [5.74, 6) is 2.27. The maximum absolute atomic E-state index is 5.35. The smallest absolute Gasteiger partial charge is 0.199 e. The summed E-state index contributed by atoms with van der Waals surface area (Å²) >= 11 is 1.82. The first-order valence-corrected chi connectivity index (χ1v) is 50.6. The molecule has 0 atom stereocenters. The van der Waals surface area contributed by atoms with Gasteiger partial charge in [0.05, 0.1) is 33.1 Å². The fourth-order valence-electron chi connectivity index (χ4n) is 22.9. The van der Waals surface area contributed by atoms with E-state index in [1.807, 2.05) is 35.6 Å². The molecule has 0 spiro atoms. The van der Waals surface area contributed by atoms with Crippen LogP contribution in [0.1, 0.15) is 0 Å². The van der Waals surface area contributed by atoms with E-state index in [0.29, 0.717) is 22.6 Å². The number of aromatic nitrogens is 13. The molecule has 0 aliphatic rings. The summed E-state index contributed by atoms with van der Waals surface area (Å²) in [6.45, 7) is 0. The number of rotatable bonds is 9. The highest BCUT2D eigenvalue weighted by Gasteiger charge is 2.29. The molecule has 0 saturated carbocycles. The minimum atomic E-state index is 0.504. The van der Waals surface area contributed by atoms with Gasteiger partial charge in [-0.3, -0.25) is 13.7 Å². The van der Waals surface area contributed by atoms with Crippen LogP contribution < -0.4 is 0 Å². The van der Waals surface area contributed by atoms with Crippen LogP contribution in [0.15, 0.2) is 480 Å². The zero-order valence-electron chi connectivity index (χ0n) is 79.3. The predicted molar refractivity (Wildman–Crippen MR) is 616 cm³/mol. The van der Waals surface area contributed by atoms with Gasteiger partial charge in [-0.2, -0.15) is 0 Å². The molecule has 0 aliphatic heterocycles. The van der Waals surface area contributed by atoms with Crippen molar-refractivity contribution in [1.82, 2.24) is 63.5 Å². The Kier molecular flexibility index (Phi) is 19.3. The van der Waals surface area contributed by atoms with Crippen LogP contribution in [0.3, 0.4) is 0 Å². The van der Waals surface area contributed by atoms with Gasteiger partial charge in [0, 0.05) is 94.0 Å². The van der Waals surface area contributed by atoms with Crippen LogP contribution in [0.5, 0.6) is 0 Å². The summed E-state index contributed by atoms with van der Waals surface area (Å²) in [6, 6.07) is 163. The predicted octanol–water partition coefficient (Wildman–Crippen LogP) is 34.5. The summed E-state index contributed by atoms with van der Waals surface area (Å²) in [6.07, 6.45) is 6.93. The Morgan fingerprint density at radius 1 is 0.162 bits per heavy atom. The topological polar surface area (TPSA) is 144 Å². The van der Waals surface area contributed by atoms with E-state index in [1.165, 1.54) is 150 Å². The van der Waals surface area contributed by atoms with Gasteiger partial charge in [0.15, 0.2) is 40.0 Å². The van der Waals surface area contributed by atoms with Crippen molar-refractivity contribution in [3.63, 3.8) is 0 Å². The maximum Gasteiger partial charge on any atom is 0.199 e. The summed E-state index contributed by atoms with van der Waals surface area (Å²) in [5, 5.41) is 31.4. The third kappa shape index (κ3) is 13.7. The highest BCUT2D eigenvalue weighted by molar-refractivity contribution is 7.25. The Hall–Kier alpha value is -19.8. The lowest BCUT2D eigenvalue weighted by Crippen LogP contribution is -2.05. The van der Waals surface area contributed by atoms with Crippen LogP contribution in [0.25, 0.3) is 301 Å². The highest BCUT2D eigenvalue weighted by Crippen LogP contribution is 2.49. The quantitative estimate of drug-likeness (QED) is 0.128. The molecule has 0 radical (unpaired) electrons. The molecular weight excluding hydrogens is 1820 g/mol. The Labute approximate surface area is 849 Å². The zero-order valence-corrected chi connectivity index (χ0v) is 80.1. The minimum Gasteiger partial charge on any atom is -0.292 e. The molecule has 0 amide bonds. The average molecular weight is 1900 g/mol. The first-order chi connectivity index (χ1) is 73.4. The molecule has 10 aromatic heterocycles. The average Bonchev–Trinajstić information content (AvgIpc) is 1.45. The van der Waals surface area contributed by atoms with Crippen molar-refractivity contribution in [1.29, 1.82) is 0 Å². The van der Waals surface area contributed by atoms with E-state index in [4.69, 9.17) is 29.9 Å². The SMILES string of the molecule is c1ccc(-c2cccc3c2c2cc4ccccc4cc2n3-c2nc3cccnc3nc2-c2ccc3sc4ccccc4c3c2)cc1.c1ccc(-c2cccc3c2c2cc4ccccc4cc2n3-c2nc3ncccc3nc2-c2ccc3c(ccc4ccccc43)c2)cc1.c1ccc2cc3c(cc2c1)c1cc(-c2ccc4c5ccccc5c5ccccc5c4c2)ccc1n3-c1nc2nccnc2nc1-c1cccc2ccccc12. The largest absolute Gasteiger partial charge is 0.292 e. The third-order valence-corrected chi connectivity index (χ3v) is 30.8. The summed E-state index contributed by atoms with van der Waals surface area (Å²) in [7, 11) is 0. The number of pyridine rings is 2. The van der Waals surface area contributed by atoms with Gasteiger partial charge in [-0.25, -0.2) is 49.8 Å². The lowest BCUT2D eigenvalue weighted by Gasteiger charge is -2.15. The van der Waals surface area contributed by atoms with Crippen LogP contribution in [0.2, 0.25) is 0 Å². The van der Waals surface area contributed by atoms with Crippen molar-refractivity contribution in [2.45, 2.75) is 0 Å². The Balaban J connectivity index is 0.000000103. The summed E-state index contributed by atoms with van der Waals surface area (Å²) in [5.41, 5.74) is 22.7. The van der Waals surface area contributed by atoms with E-state index in [9.17, 15) is 0 Å². The lowest BCUT2D eigenvalue weighted by atomic mass is 9.92. The van der Waals surface area contributed by atoms with Crippen molar-refractivity contribution in [3.05, 3.63) is 480 Å². The van der Waals surface area contributed by atoms with Crippen molar-refractivity contribution in [2.24, 2.45) is 0 Å². The zero-order chi connectivity index (χ0) is 97.1. The van der Waals surface area contributed by atoms with Crippen molar-refractivity contribution < 1.29 is 0 Å². The molecule has 148 heavy (non-hydrogen) atoms. The fourth-order valence-corrected chi connectivity index (χ4v) is 24.0. The van der Waals surface area contributed by atoms with Crippen LogP contribution in [-0.4, -0.2) is 63.5 Å². The van der Waals surface area contributed by atoms with Gasteiger partial charge in [0.25, 0.3) is 0 Å². The van der Waals surface area contributed by atoms with Gasteiger partial charge in [-0.1, -0.05) is 340 Å². The lowest BCUT2D eigenvalue weighted by molar-refractivity contribution is 1.05. The fraction of sp³-hybridized carbons (Fsp3) is 0. The van der Waals surface area contributed by atoms with Crippen LogP contribution in [-0.2, 0) is 0 Å². The van der Waals surface area contributed by atoms with E-state index in [-0.39, 0.29) is 0 Å². The molecule has 0 bridgehead atoms. The van der Waals surface area contributed by atoms with E-state index in [2.05, 4.69) is 464 Å². The van der Waals surface area contributed by atoms with Gasteiger partial charge in [-0.15, -0.1) is 11.3 Å². The molecule has 0 N–H and O–H groups in total. The second-order valence-electron chi connectivity index (χ2n) is 38.0. The van der Waals surface area contributed by atoms with E-state index in [1.54, 1.807) is 24.8 Å². The van der Waals surface area contributed by atoms with Crippen molar-refractivity contribution in [2.75, 3.05) is 0 Å². The van der Waals surface area contributed by atoms with Gasteiger partial charge >= 0.3 is 0 Å². The Morgan fingerprint density at radius 3 is 1.17 bits per heavy atom. The molecule has 22 aromatic carbocycles. The molecular formula is C134H79N13S. The molecule has 32 aromatic rings. The second kappa shape index (κ2) is 34.0. The minimum absolute atomic E-state index is 0.504. The van der Waals surface area contributed by atoms with Gasteiger partial charge in [-0.05, 0) is 246 Å². The number of hydrogen-bond acceptors (Lipinski definition) is 11. The molecule has 0 aliphatic carbocycles.